The fourth-order valence-corrected chi connectivity index (χ4v) is 1.87. The highest BCUT2D eigenvalue weighted by molar-refractivity contribution is 6.40. The summed E-state index contributed by atoms with van der Waals surface area (Å²) in [5.41, 5.74) is 5.88. The molecule has 5 nitrogen and oxygen atoms in total. The molecule has 0 unspecified atom stereocenters. The Balaban J connectivity index is 2.31. The summed E-state index contributed by atoms with van der Waals surface area (Å²) in [6, 6.07) is 2.08. The zero-order valence-corrected chi connectivity index (χ0v) is 10.3. The van der Waals surface area contributed by atoms with E-state index in [1.54, 1.807) is 0 Å². The van der Waals surface area contributed by atoms with Gasteiger partial charge < -0.3 is 11.1 Å². The summed E-state index contributed by atoms with van der Waals surface area (Å²) in [6.07, 6.45) is 1.29. The van der Waals surface area contributed by atoms with Crippen LogP contribution in [0.15, 0.2) is 18.3 Å². The van der Waals surface area contributed by atoms with E-state index in [2.05, 4.69) is 15.5 Å². The van der Waals surface area contributed by atoms with Gasteiger partial charge in [0.25, 0.3) is 5.91 Å². The zero-order chi connectivity index (χ0) is 13.3. The molecular formula is C10H7Cl2FN4O. The van der Waals surface area contributed by atoms with E-state index < -0.39 is 11.7 Å². The Hall–Kier alpha value is -1.79. The molecule has 1 amide bonds. The lowest BCUT2D eigenvalue weighted by molar-refractivity contribution is 0.102. The van der Waals surface area contributed by atoms with Gasteiger partial charge in [-0.2, -0.15) is 5.10 Å². The molecule has 0 fully saturated rings. The summed E-state index contributed by atoms with van der Waals surface area (Å²) in [4.78, 5) is 11.8. The number of nitrogens with two attached hydrogens (primary N) is 1. The number of amides is 1. The van der Waals surface area contributed by atoms with E-state index in [-0.39, 0.29) is 27.1 Å². The summed E-state index contributed by atoms with van der Waals surface area (Å²) in [6.45, 7) is 0. The van der Waals surface area contributed by atoms with Crippen molar-refractivity contribution in [3.63, 3.8) is 0 Å². The van der Waals surface area contributed by atoms with Crippen molar-refractivity contribution >= 4 is 40.5 Å². The van der Waals surface area contributed by atoms with Crippen molar-refractivity contribution in [1.29, 1.82) is 0 Å². The van der Waals surface area contributed by atoms with E-state index in [0.717, 1.165) is 12.1 Å². The van der Waals surface area contributed by atoms with Gasteiger partial charge >= 0.3 is 0 Å². The van der Waals surface area contributed by atoms with Crippen molar-refractivity contribution < 1.29 is 9.18 Å². The van der Waals surface area contributed by atoms with Gasteiger partial charge in [-0.1, -0.05) is 23.2 Å². The summed E-state index contributed by atoms with van der Waals surface area (Å²) < 4.78 is 13.0. The van der Waals surface area contributed by atoms with Crippen LogP contribution in [0.1, 0.15) is 10.5 Å². The van der Waals surface area contributed by atoms with Crippen LogP contribution in [0, 0.1) is 5.82 Å². The van der Waals surface area contributed by atoms with Crippen molar-refractivity contribution in [3.05, 3.63) is 39.9 Å². The first-order valence-corrected chi connectivity index (χ1v) is 5.49. The Bertz CT molecular complexity index is 591. The van der Waals surface area contributed by atoms with Gasteiger partial charge in [-0.25, -0.2) is 4.39 Å². The van der Waals surface area contributed by atoms with Crippen LogP contribution in [0.3, 0.4) is 0 Å². The second-order valence-corrected chi connectivity index (χ2v) is 4.21. The molecule has 0 aliphatic carbocycles. The first kappa shape index (κ1) is 12.7. The molecule has 0 saturated heterocycles. The molecular weight excluding hydrogens is 282 g/mol. The molecule has 0 atom stereocenters. The monoisotopic (exact) mass is 288 g/mol. The van der Waals surface area contributed by atoms with Crippen LogP contribution in [-0.4, -0.2) is 16.1 Å². The van der Waals surface area contributed by atoms with Crippen LogP contribution in [0.25, 0.3) is 0 Å². The Labute approximate surface area is 111 Å². The molecule has 0 saturated carbocycles. The fourth-order valence-electron chi connectivity index (χ4n) is 1.31. The minimum atomic E-state index is -0.593. The fraction of sp³-hybridized carbons (Fsp3) is 0. The molecule has 1 aromatic heterocycles. The maximum absolute atomic E-state index is 13.0. The van der Waals surface area contributed by atoms with Crippen LogP contribution in [-0.2, 0) is 0 Å². The van der Waals surface area contributed by atoms with Crippen molar-refractivity contribution in [1.82, 2.24) is 10.2 Å². The molecule has 18 heavy (non-hydrogen) atoms. The van der Waals surface area contributed by atoms with Crippen LogP contribution < -0.4 is 11.1 Å². The molecule has 94 valence electrons. The van der Waals surface area contributed by atoms with Crippen molar-refractivity contribution in [2.75, 3.05) is 11.1 Å². The van der Waals surface area contributed by atoms with Crippen LogP contribution in [0.5, 0.6) is 0 Å². The van der Waals surface area contributed by atoms with Gasteiger partial charge in [0.15, 0.2) is 0 Å². The van der Waals surface area contributed by atoms with E-state index in [9.17, 15) is 9.18 Å². The Kier molecular flexibility index (Phi) is 3.40. The third kappa shape index (κ3) is 2.39. The van der Waals surface area contributed by atoms with Gasteiger partial charge in [-0.3, -0.25) is 9.89 Å². The molecule has 1 aromatic carbocycles. The van der Waals surface area contributed by atoms with Crippen molar-refractivity contribution in [2.24, 2.45) is 0 Å². The third-order valence-electron chi connectivity index (χ3n) is 2.14. The maximum atomic E-state index is 13.0. The van der Waals surface area contributed by atoms with Gasteiger partial charge in [0.2, 0.25) is 0 Å². The van der Waals surface area contributed by atoms with Gasteiger partial charge in [0.05, 0.1) is 27.6 Å². The van der Waals surface area contributed by atoms with Gasteiger partial charge in [-0.05, 0) is 12.1 Å². The Morgan fingerprint density at radius 2 is 2.00 bits per heavy atom. The van der Waals surface area contributed by atoms with Crippen molar-refractivity contribution in [3.8, 4) is 0 Å². The van der Waals surface area contributed by atoms with Crippen LogP contribution >= 0.6 is 23.2 Å². The molecule has 1 heterocycles. The lowest BCUT2D eigenvalue weighted by Crippen LogP contribution is -2.15. The number of hydrogen-bond donors (Lipinski definition) is 3. The molecule has 2 aromatic rings. The molecule has 2 rings (SSSR count). The van der Waals surface area contributed by atoms with E-state index in [1.807, 2.05) is 0 Å². The summed E-state index contributed by atoms with van der Waals surface area (Å²) in [7, 11) is 0. The first-order valence-electron chi connectivity index (χ1n) is 4.73. The second-order valence-electron chi connectivity index (χ2n) is 3.40. The molecule has 0 spiro atoms. The number of halogens is 3. The smallest absolute Gasteiger partial charge is 0.275 e. The number of aromatic nitrogens is 2. The van der Waals surface area contributed by atoms with E-state index in [1.165, 1.54) is 6.20 Å². The summed E-state index contributed by atoms with van der Waals surface area (Å²) in [5.74, 6) is -1.16. The molecule has 4 N–H and O–H groups in total. The number of anilines is 2. The molecule has 8 heteroatoms. The number of benzene rings is 1. The number of aromatic amines is 1. The average molecular weight is 289 g/mol. The lowest BCUT2D eigenvalue weighted by Gasteiger charge is -2.08. The van der Waals surface area contributed by atoms with Gasteiger partial charge in [0, 0.05) is 0 Å². The molecule has 0 bridgehead atoms. The number of carbonyl (C=O) groups is 1. The normalized spacial score (nSPS) is 10.4. The van der Waals surface area contributed by atoms with Crippen LogP contribution in [0.2, 0.25) is 10.0 Å². The topological polar surface area (TPSA) is 83.8 Å². The number of nitrogens with zero attached hydrogens (tertiary/aromatic N) is 1. The SMILES string of the molecule is Nc1cn[nH]c1C(=O)Nc1c(Cl)cc(F)cc1Cl. The standard InChI is InChI=1S/C10H7Cl2FN4O/c11-5-1-4(13)2-6(12)8(5)16-10(18)9-7(14)3-15-17-9/h1-3H,14H2,(H,15,17)(H,16,18). The Morgan fingerprint density at radius 3 is 2.50 bits per heavy atom. The minimum absolute atomic E-state index is 0.00793. The summed E-state index contributed by atoms with van der Waals surface area (Å²) >= 11 is 11.6. The molecule has 0 aliphatic heterocycles. The lowest BCUT2D eigenvalue weighted by atomic mass is 10.3. The third-order valence-corrected chi connectivity index (χ3v) is 2.74. The number of H-pyrrole nitrogens is 1. The predicted molar refractivity (Wildman–Crippen MR) is 67.4 cm³/mol. The molecule has 0 aliphatic rings. The number of hydrogen-bond acceptors (Lipinski definition) is 3. The average Bonchev–Trinajstić information content (AvgIpc) is 2.69. The second kappa shape index (κ2) is 4.83. The Morgan fingerprint density at radius 1 is 1.39 bits per heavy atom. The highest BCUT2D eigenvalue weighted by atomic mass is 35.5. The van der Waals surface area contributed by atoms with E-state index in [0.29, 0.717) is 0 Å². The maximum Gasteiger partial charge on any atom is 0.275 e. The van der Waals surface area contributed by atoms with Gasteiger partial charge in [-0.15, -0.1) is 0 Å². The first-order chi connectivity index (χ1) is 8.49. The number of nitrogen functional groups attached to an aromatic ring is 1. The number of carbonyl (C=O) groups excluding carboxylic acids is 1. The highest BCUT2D eigenvalue weighted by Gasteiger charge is 2.16. The largest absolute Gasteiger partial charge is 0.396 e. The molecule has 0 radical (unpaired) electrons. The van der Waals surface area contributed by atoms with Crippen LogP contribution in [0.4, 0.5) is 15.8 Å². The highest BCUT2D eigenvalue weighted by Crippen LogP contribution is 2.31. The summed E-state index contributed by atoms with van der Waals surface area (Å²) in [5, 5.41) is 8.45. The quantitative estimate of drug-likeness (QED) is 0.794. The predicted octanol–water partition coefficient (Wildman–Crippen LogP) is 2.69. The number of nitrogens with one attached hydrogen (secondary N) is 2. The van der Waals surface area contributed by atoms with E-state index >= 15 is 0 Å². The van der Waals surface area contributed by atoms with Gasteiger partial charge in [0.1, 0.15) is 11.5 Å². The van der Waals surface area contributed by atoms with Crippen molar-refractivity contribution in [2.45, 2.75) is 0 Å². The number of rotatable bonds is 2. The zero-order valence-electron chi connectivity index (χ0n) is 8.80. The minimum Gasteiger partial charge on any atom is -0.396 e. The van der Waals surface area contributed by atoms with E-state index in [4.69, 9.17) is 28.9 Å².